The first-order valence-corrected chi connectivity index (χ1v) is 14.5. The number of carbonyl (C=O) groups is 2. The summed E-state index contributed by atoms with van der Waals surface area (Å²) in [5.74, 6) is -1.30. The zero-order chi connectivity index (χ0) is 29.2. The van der Waals surface area contributed by atoms with E-state index in [0.717, 1.165) is 4.31 Å². The SMILES string of the molecule is COc1cccc(O)c1-c1ccc([C@@H](CC(=O)O)NC(=O)[C@]2(C)CCCN2S(=O)(=O)c2cc(Cl)cc(Cl)c2)cc1. The lowest BCUT2D eigenvalue weighted by Gasteiger charge is -2.34. The molecule has 0 aromatic heterocycles. The van der Waals surface area contributed by atoms with Gasteiger partial charge in [-0.3, -0.25) is 9.59 Å². The van der Waals surface area contributed by atoms with Gasteiger partial charge in [0.1, 0.15) is 17.0 Å². The first-order chi connectivity index (χ1) is 18.9. The highest BCUT2D eigenvalue weighted by atomic mass is 35.5. The molecule has 3 aromatic rings. The van der Waals surface area contributed by atoms with Gasteiger partial charge in [-0.2, -0.15) is 4.31 Å². The number of nitrogens with zero attached hydrogens (tertiary/aromatic N) is 1. The van der Waals surface area contributed by atoms with Crippen molar-refractivity contribution in [1.29, 1.82) is 0 Å². The Morgan fingerprint density at radius 2 is 1.75 bits per heavy atom. The number of hydrogen-bond acceptors (Lipinski definition) is 6. The van der Waals surface area contributed by atoms with Gasteiger partial charge in [-0.25, -0.2) is 8.42 Å². The number of nitrogens with one attached hydrogen (secondary N) is 1. The molecule has 1 heterocycles. The highest BCUT2D eigenvalue weighted by molar-refractivity contribution is 7.89. The molecule has 0 unspecified atom stereocenters. The van der Waals surface area contributed by atoms with E-state index in [1.54, 1.807) is 36.4 Å². The van der Waals surface area contributed by atoms with Crippen LogP contribution in [0.2, 0.25) is 10.0 Å². The molecule has 1 fully saturated rings. The van der Waals surface area contributed by atoms with Crippen LogP contribution in [0.5, 0.6) is 11.5 Å². The molecule has 40 heavy (non-hydrogen) atoms. The number of aliphatic carboxylic acids is 1. The fraction of sp³-hybridized carbons (Fsp3) is 0.286. The molecule has 1 saturated heterocycles. The van der Waals surface area contributed by atoms with E-state index >= 15 is 0 Å². The average molecular weight is 608 g/mol. The highest BCUT2D eigenvalue weighted by Gasteiger charge is 2.50. The molecule has 9 nitrogen and oxygen atoms in total. The molecule has 0 aliphatic carbocycles. The van der Waals surface area contributed by atoms with Crippen LogP contribution in [0.1, 0.15) is 37.8 Å². The Bertz CT molecular complexity index is 1530. The number of ether oxygens (including phenoxy) is 1. The second kappa shape index (κ2) is 11.7. The number of benzene rings is 3. The number of hydrogen-bond donors (Lipinski definition) is 3. The van der Waals surface area contributed by atoms with Crippen LogP contribution in [0.15, 0.2) is 65.6 Å². The van der Waals surface area contributed by atoms with Crippen molar-refractivity contribution in [3.63, 3.8) is 0 Å². The van der Waals surface area contributed by atoms with Gasteiger partial charge >= 0.3 is 5.97 Å². The smallest absolute Gasteiger partial charge is 0.305 e. The molecule has 0 spiro atoms. The lowest BCUT2D eigenvalue weighted by Crippen LogP contribution is -2.55. The quantitative estimate of drug-likeness (QED) is 0.303. The van der Waals surface area contributed by atoms with Crippen molar-refractivity contribution in [3.05, 3.63) is 76.3 Å². The Kier molecular flexibility index (Phi) is 8.65. The summed E-state index contributed by atoms with van der Waals surface area (Å²) in [4.78, 5) is 25.2. The predicted molar refractivity (Wildman–Crippen MR) is 151 cm³/mol. The zero-order valence-electron chi connectivity index (χ0n) is 21.7. The molecule has 212 valence electrons. The number of methoxy groups -OCH3 is 1. The van der Waals surface area contributed by atoms with E-state index in [9.17, 15) is 28.2 Å². The van der Waals surface area contributed by atoms with Crippen molar-refractivity contribution in [3.8, 4) is 22.6 Å². The van der Waals surface area contributed by atoms with Crippen LogP contribution in [-0.2, 0) is 19.6 Å². The zero-order valence-corrected chi connectivity index (χ0v) is 24.1. The fourth-order valence-electron chi connectivity index (χ4n) is 4.96. The molecular formula is C28H28Cl2N2O7S. The summed E-state index contributed by atoms with van der Waals surface area (Å²) in [5.41, 5.74) is 0.106. The normalized spacial score (nSPS) is 18.3. The summed E-state index contributed by atoms with van der Waals surface area (Å²) in [6.45, 7) is 1.61. The van der Waals surface area contributed by atoms with Crippen molar-refractivity contribution in [1.82, 2.24) is 9.62 Å². The molecule has 3 aromatic carbocycles. The topological polar surface area (TPSA) is 133 Å². The lowest BCUT2D eigenvalue weighted by molar-refractivity contribution is -0.138. The van der Waals surface area contributed by atoms with Crippen molar-refractivity contribution >= 4 is 45.1 Å². The first kappa shape index (κ1) is 29.7. The van der Waals surface area contributed by atoms with Gasteiger partial charge in [0.25, 0.3) is 0 Å². The van der Waals surface area contributed by atoms with E-state index in [2.05, 4.69) is 5.32 Å². The van der Waals surface area contributed by atoms with Crippen LogP contribution in [0.25, 0.3) is 11.1 Å². The summed E-state index contributed by atoms with van der Waals surface area (Å²) in [7, 11) is -2.67. The number of carboxylic acids is 1. The van der Waals surface area contributed by atoms with E-state index < -0.39 is 39.9 Å². The first-order valence-electron chi connectivity index (χ1n) is 12.3. The van der Waals surface area contributed by atoms with Crippen molar-refractivity contribution < 1.29 is 33.0 Å². The summed E-state index contributed by atoms with van der Waals surface area (Å²) in [5, 5.41) is 23.0. The maximum atomic E-state index is 13.7. The van der Waals surface area contributed by atoms with Gasteiger partial charge in [-0.15, -0.1) is 0 Å². The molecule has 1 aliphatic rings. The van der Waals surface area contributed by atoms with Gasteiger partial charge in [0, 0.05) is 16.6 Å². The Balaban J connectivity index is 1.63. The van der Waals surface area contributed by atoms with E-state index in [-0.39, 0.29) is 33.7 Å². The summed E-state index contributed by atoms with van der Waals surface area (Å²) < 4.78 is 33.6. The molecule has 1 amide bonds. The number of rotatable bonds is 9. The number of phenolic OH excluding ortho intramolecular Hbond substituents is 1. The number of aromatic hydroxyl groups is 1. The van der Waals surface area contributed by atoms with Gasteiger partial charge in [0.2, 0.25) is 15.9 Å². The Hall–Kier alpha value is -3.31. The van der Waals surface area contributed by atoms with Crippen LogP contribution >= 0.6 is 23.2 Å². The Morgan fingerprint density at radius 1 is 1.10 bits per heavy atom. The third-order valence-electron chi connectivity index (χ3n) is 7.00. The number of sulfonamides is 1. The molecule has 0 saturated carbocycles. The number of halogens is 2. The van der Waals surface area contributed by atoms with E-state index in [1.165, 1.54) is 38.3 Å². The van der Waals surface area contributed by atoms with E-state index in [0.29, 0.717) is 28.9 Å². The molecular weight excluding hydrogens is 579 g/mol. The van der Waals surface area contributed by atoms with Crippen LogP contribution in [0.3, 0.4) is 0 Å². The number of amides is 1. The molecule has 3 N–H and O–H groups in total. The Labute approximate surface area is 242 Å². The molecule has 4 rings (SSSR count). The third kappa shape index (κ3) is 5.90. The van der Waals surface area contributed by atoms with Gasteiger partial charge in [-0.05, 0) is 61.2 Å². The number of carboxylic acid groups (broad SMARTS) is 1. The fourth-order valence-corrected chi connectivity index (χ4v) is 7.49. The van der Waals surface area contributed by atoms with Crippen LogP contribution in [0, 0.1) is 0 Å². The highest BCUT2D eigenvalue weighted by Crippen LogP contribution is 2.39. The maximum absolute atomic E-state index is 13.7. The second-order valence-corrected chi connectivity index (χ2v) is 12.4. The van der Waals surface area contributed by atoms with Gasteiger partial charge in [0.15, 0.2) is 0 Å². The molecule has 1 aliphatic heterocycles. The van der Waals surface area contributed by atoms with E-state index in [4.69, 9.17) is 27.9 Å². The molecule has 2 atom stereocenters. The summed E-state index contributed by atoms with van der Waals surface area (Å²) in [6, 6.07) is 14.6. The maximum Gasteiger partial charge on any atom is 0.305 e. The molecule has 0 radical (unpaired) electrons. The average Bonchev–Trinajstić information content (AvgIpc) is 3.31. The minimum absolute atomic E-state index is 0.0129. The number of carbonyl (C=O) groups excluding carboxylic acids is 1. The summed E-state index contributed by atoms with van der Waals surface area (Å²) >= 11 is 12.1. The lowest BCUT2D eigenvalue weighted by atomic mass is 9.95. The molecule has 12 heteroatoms. The van der Waals surface area contributed by atoms with Crippen molar-refractivity contribution in [2.24, 2.45) is 0 Å². The summed E-state index contributed by atoms with van der Waals surface area (Å²) in [6.07, 6.45) is 0.230. The minimum atomic E-state index is -4.16. The number of phenols is 1. The monoisotopic (exact) mass is 606 g/mol. The standard InChI is InChI=1S/C28H28Cl2N2O7S/c1-28(11-4-12-32(28)40(37,38)21-14-19(29)13-20(30)15-21)27(36)31-22(16-25(34)35)17-7-9-18(10-8-17)26-23(33)5-3-6-24(26)39-2/h3,5-10,13-15,22,33H,4,11-12,16H2,1-2H3,(H,31,36)(H,34,35)/t22-,28+/m1/s1. The minimum Gasteiger partial charge on any atom is -0.507 e. The van der Waals surface area contributed by atoms with Gasteiger partial charge in [-0.1, -0.05) is 53.5 Å². The van der Waals surface area contributed by atoms with Crippen LogP contribution in [0.4, 0.5) is 0 Å². The van der Waals surface area contributed by atoms with E-state index in [1.807, 2.05) is 0 Å². The van der Waals surface area contributed by atoms with Crippen molar-refractivity contribution in [2.75, 3.05) is 13.7 Å². The van der Waals surface area contributed by atoms with Gasteiger partial charge in [0.05, 0.1) is 30.0 Å². The molecule has 0 bridgehead atoms. The van der Waals surface area contributed by atoms with Gasteiger partial charge < -0.3 is 20.3 Å². The van der Waals surface area contributed by atoms with Crippen LogP contribution < -0.4 is 10.1 Å². The second-order valence-electron chi connectivity index (χ2n) is 9.66. The Morgan fingerprint density at radius 3 is 2.35 bits per heavy atom. The van der Waals surface area contributed by atoms with Crippen LogP contribution in [-0.4, -0.2) is 54.0 Å². The largest absolute Gasteiger partial charge is 0.507 e. The third-order valence-corrected chi connectivity index (χ3v) is 9.43. The predicted octanol–water partition coefficient (Wildman–Crippen LogP) is 5.25. The van der Waals surface area contributed by atoms with Crippen molar-refractivity contribution in [2.45, 2.75) is 42.7 Å².